The first-order valence-corrected chi connectivity index (χ1v) is 11.4. The molecule has 7 nitrogen and oxygen atoms in total. The summed E-state index contributed by atoms with van der Waals surface area (Å²) in [4.78, 5) is 27.1. The van der Waals surface area contributed by atoms with E-state index in [4.69, 9.17) is 14.6 Å². The third kappa shape index (κ3) is 7.48. The molecule has 0 unspecified atom stereocenters. The van der Waals surface area contributed by atoms with E-state index in [-0.39, 0.29) is 12.3 Å². The molecule has 166 valence electrons. The van der Waals surface area contributed by atoms with Crippen molar-refractivity contribution in [2.45, 2.75) is 12.2 Å². The van der Waals surface area contributed by atoms with Crippen LogP contribution in [-0.2, 0) is 15.3 Å². The Kier molecular flexibility index (Phi) is 8.61. The summed E-state index contributed by atoms with van der Waals surface area (Å²) in [5, 5.41) is 8.77. The van der Waals surface area contributed by atoms with Gasteiger partial charge in [-0.3, -0.25) is 14.5 Å². The lowest BCUT2D eigenvalue weighted by molar-refractivity contribution is -0.138. The molecule has 0 saturated carbocycles. The van der Waals surface area contributed by atoms with E-state index in [1.807, 2.05) is 53.4 Å². The Bertz CT molecular complexity index is 849. The predicted molar refractivity (Wildman–Crippen MR) is 121 cm³/mol. The Morgan fingerprint density at radius 2 is 1.52 bits per heavy atom. The average molecular weight is 445 g/mol. The van der Waals surface area contributed by atoms with Gasteiger partial charge in [0.1, 0.15) is 17.2 Å². The number of benzene rings is 2. The summed E-state index contributed by atoms with van der Waals surface area (Å²) in [5.74, 6) is 2.85. The van der Waals surface area contributed by atoms with Crippen LogP contribution < -0.4 is 9.47 Å². The Morgan fingerprint density at radius 1 is 0.935 bits per heavy atom. The Hall–Kier alpha value is -2.71. The normalized spacial score (nSPS) is 14.3. The van der Waals surface area contributed by atoms with Gasteiger partial charge in [0.25, 0.3) is 0 Å². The molecule has 0 spiro atoms. The molecule has 0 aliphatic carbocycles. The molecule has 1 aliphatic rings. The van der Waals surface area contributed by atoms with E-state index in [9.17, 15) is 9.59 Å². The van der Waals surface area contributed by atoms with Gasteiger partial charge in [0.2, 0.25) is 5.91 Å². The zero-order chi connectivity index (χ0) is 22.1. The standard InChI is InChI=1S/C23H28N2O5S/c1-29-19-6-8-21(9-7-19)30-20-4-2-18(3-5-20)16-31-17-22(26)25-14-12-24(13-15-25)11-10-23(27)28/h2-9H,10-17H2,1H3,(H,27,28). The quantitative estimate of drug-likeness (QED) is 0.602. The molecule has 8 heteroatoms. The molecule has 2 aromatic rings. The molecule has 1 amide bonds. The van der Waals surface area contributed by atoms with Gasteiger partial charge in [0, 0.05) is 38.5 Å². The van der Waals surface area contributed by atoms with E-state index >= 15 is 0 Å². The Balaban J connectivity index is 1.36. The van der Waals surface area contributed by atoms with E-state index in [1.165, 1.54) is 0 Å². The lowest BCUT2D eigenvalue weighted by Gasteiger charge is -2.34. The highest BCUT2D eigenvalue weighted by atomic mass is 32.2. The average Bonchev–Trinajstić information content (AvgIpc) is 2.79. The van der Waals surface area contributed by atoms with Gasteiger partial charge in [-0.1, -0.05) is 12.1 Å². The zero-order valence-electron chi connectivity index (χ0n) is 17.7. The highest BCUT2D eigenvalue weighted by Gasteiger charge is 2.21. The lowest BCUT2D eigenvalue weighted by Crippen LogP contribution is -2.49. The number of methoxy groups -OCH3 is 1. The molecule has 2 aromatic carbocycles. The molecule has 1 saturated heterocycles. The summed E-state index contributed by atoms with van der Waals surface area (Å²) in [6, 6.07) is 15.3. The van der Waals surface area contributed by atoms with Gasteiger partial charge in [-0.15, -0.1) is 11.8 Å². The van der Waals surface area contributed by atoms with E-state index in [2.05, 4.69) is 4.90 Å². The van der Waals surface area contributed by atoms with Crippen molar-refractivity contribution in [3.05, 3.63) is 54.1 Å². The van der Waals surface area contributed by atoms with Gasteiger partial charge < -0.3 is 19.5 Å². The number of hydrogen-bond acceptors (Lipinski definition) is 6. The fourth-order valence-electron chi connectivity index (χ4n) is 3.26. The minimum absolute atomic E-state index is 0.141. The molecular weight excluding hydrogens is 416 g/mol. The molecular formula is C23H28N2O5S. The van der Waals surface area contributed by atoms with Crippen molar-refractivity contribution in [3.63, 3.8) is 0 Å². The summed E-state index contributed by atoms with van der Waals surface area (Å²) in [6.45, 7) is 3.34. The second-order valence-corrected chi connectivity index (χ2v) is 8.27. The van der Waals surface area contributed by atoms with Gasteiger partial charge in [-0.2, -0.15) is 0 Å². The van der Waals surface area contributed by atoms with Crippen molar-refractivity contribution >= 4 is 23.6 Å². The molecule has 3 rings (SSSR count). The van der Waals surface area contributed by atoms with Crippen LogP contribution in [0, 0.1) is 0 Å². The van der Waals surface area contributed by atoms with Crippen molar-refractivity contribution in [2.24, 2.45) is 0 Å². The number of carboxylic acids is 1. The molecule has 1 N–H and O–H groups in total. The first-order valence-electron chi connectivity index (χ1n) is 10.2. The maximum absolute atomic E-state index is 12.4. The van der Waals surface area contributed by atoms with Crippen LogP contribution in [0.15, 0.2) is 48.5 Å². The fraction of sp³-hybridized carbons (Fsp3) is 0.391. The second-order valence-electron chi connectivity index (χ2n) is 7.28. The summed E-state index contributed by atoms with van der Waals surface area (Å²) in [6.07, 6.45) is 0.147. The van der Waals surface area contributed by atoms with Gasteiger partial charge >= 0.3 is 5.97 Å². The van der Waals surface area contributed by atoms with Crippen LogP contribution in [0.25, 0.3) is 0 Å². The first-order chi connectivity index (χ1) is 15.0. The van der Waals surface area contributed by atoms with Crippen molar-refractivity contribution in [1.29, 1.82) is 0 Å². The van der Waals surface area contributed by atoms with Gasteiger partial charge in [0.15, 0.2) is 0 Å². The van der Waals surface area contributed by atoms with Crippen molar-refractivity contribution in [1.82, 2.24) is 9.80 Å². The number of carbonyl (C=O) groups is 2. The van der Waals surface area contributed by atoms with Crippen molar-refractivity contribution < 1.29 is 24.2 Å². The zero-order valence-corrected chi connectivity index (χ0v) is 18.5. The maximum Gasteiger partial charge on any atom is 0.304 e. The number of nitrogens with zero attached hydrogens (tertiary/aromatic N) is 2. The lowest BCUT2D eigenvalue weighted by atomic mass is 10.2. The predicted octanol–water partition coefficient (Wildman–Crippen LogP) is 3.34. The molecule has 1 aliphatic heterocycles. The van der Waals surface area contributed by atoms with E-state index < -0.39 is 5.97 Å². The maximum atomic E-state index is 12.4. The summed E-state index contributed by atoms with van der Waals surface area (Å²) in [7, 11) is 1.63. The highest BCUT2D eigenvalue weighted by Crippen LogP contribution is 2.25. The molecule has 0 radical (unpaired) electrons. The SMILES string of the molecule is COc1ccc(Oc2ccc(CSCC(=O)N3CCN(CCC(=O)O)CC3)cc2)cc1. The van der Waals surface area contributed by atoms with Crippen LogP contribution >= 0.6 is 11.8 Å². The minimum Gasteiger partial charge on any atom is -0.497 e. The molecule has 0 bridgehead atoms. The van der Waals surface area contributed by atoms with Crippen LogP contribution in [-0.4, -0.2) is 72.4 Å². The largest absolute Gasteiger partial charge is 0.497 e. The van der Waals surface area contributed by atoms with Crippen LogP contribution in [0.1, 0.15) is 12.0 Å². The van der Waals surface area contributed by atoms with E-state index in [0.29, 0.717) is 25.4 Å². The highest BCUT2D eigenvalue weighted by molar-refractivity contribution is 7.99. The van der Waals surface area contributed by atoms with Gasteiger partial charge in [-0.05, 0) is 42.0 Å². The summed E-state index contributed by atoms with van der Waals surface area (Å²) < 4.78 is 11.0. The number of carboxylic acid groups (broad SMARTS) is 1. The number of piperazine rings is 1. The Labute approximate surface area is 186 Å². The Morgan fingerprint density at radius 3 is 2.10 bits per heavy atom. The smallest absolute Gasteiger partial charge is 0.304 e. The van der Waals surface area contributed by atoms with Crippen molar-refractivity contribution in [2.75, 3.05) is 45.6 Å². The third-order valence-electron chi connectivity index (χ3n) is 5.08. The number of rotatable bonds is 10. The van der Waals surface area contributed by atoms with Crippen LogP contribution in [0.4, 0.5) is 0 Å². The van der Waals surface area contributed by atoms with Crippen LogP contribution in [0.2, 0.25) is 0 Å². The topological polar surface area (TPSA) is 79.3 Å². The number of thioether (sulfide) groups is 1. The second kappa shape index (κ2) is 11.6. The number of ether oxygens (including phenoxy) is 2. The monoisotopic (exact) mass is 444 g/mol. The van der Waals surface area contributed by atoms with Crippen LogP contribution in [0.5, 0.6) is 17.2 Å². The molecule has 0 atom stereocenters. The van der Waals surface area contributed by atoms with Gasteiger partial charge in [0.05, 0.1) is 19.3 Å². The number of amides is 1. The molecule has 1 fully saturated rings. The third-order valence-corrected chi connectivity index (χ3v) is 6.07. The van der Waals surface area contributed by atoms with Crippen LogP contribution in [0.3, 0.4) is 0 Å². The summed E-state index contributed by atoms with van der Waals surface area (Å²) in [5.41, 5.74) is 1.14. The minimum atomic E-state index is -0.782. The van der Waals surface area contributed by atoms with Gasteiger partial charge in [-0.25, -0.2) is 0 Å². The molecule has 31 heavy (non-hydrogen) atoms. The van der Waals surface area contributed by atoms with E-state index in [0.717, 1.165) is 41.7 Å². The summed E-state index contributed by atoms with van der Waals surface area (Å²) >= 11 is 1.60. The molecule has 0 aromatic heterocycles. The van der Waals surface area contributed by atoms with Crippen molar-refractivity contribution in [3.8, 4) is 17.2 Å². The number of carbonyl (C=O) groups excluding carboxylic acids is 1. The molecule has 1 heterocycles. The first kappa shape index (κ1) is 23.0. The fourth-order valence-corrected chi connectivity index (χ4v) is 4.14. The van der Waals surface area contributed by atoms with E-state index in [1.54, 1.807) is 18.9 Å². The number of hydrogen-bond donors (Lipinski definition) is 1. The number of aliphatic carboxylic acids is 1.